The van der Waals surface area contributed by atoms with Gasteiger partial charge in [-0.2, -0.15) is 0 Å². The van der Waals surface area contributed by atoms with E-state index in [0.717, 1.165) is 16.1 Å². The average molecular weight is 463 g/mol. The number of thioether (sulfide) groups is 1. The van der Waals surface area contributed by atoms with E-state index in [-0.39, 0.29) is 30.2 Å². The van der Waals surface area contributed by atoms with Gasteiger partial charge in [0.1, 0.15) is 0 Å². The van der Waals surface area contributed by atoms with Crippen molar-refractivity contribution in [1.82, 2.24) is 5.32 Å². The highest BCUT2D eigenvalue weighted by atomic mass is 32.2. The molecule has 170 valence electrons. The Balaban J connectivity index is 1.62. The van der Waals surface area contributed by atoms with Crippen molar-refractivity contribution in [2.45, 2.75) is 17.9 Å². The molecule has 0 aliphatic carbocycles. The number of primary amides is 1. The van der Waals surface area contributed by atoms with E-state index in [4.69, 9.17) is 5.73 Å². The van der Waals surface area contributed by atoms with Gasteiger partial charge in [-0.3, -0.25) is 14.4 Å². The molecule has 0 fully saturated rings. The van der Waals surface area contributed by atoms with Gasteiger partial charge in [0.05, 0.1) is 29.6 Å². The van der Waals surface area contributed by atoms with Crippen molar-refractivity contribution >= 4 is 40.9 Å². The number of carbonyl (C=O) groups is 3. The molecule has 0 bridgehead atoms. The predicted octanol–water partition coefficient (Wildman–Crippen LogP) is 3.81. The summed E-state index contributed by atoms with van der Waals surface area (Å²) in [5.74, 6) is -0.845. The Hall–Kier alpha value is -3.78. The molecule has 3 aromatic carbocycles. The fraction of sp³-hybridized carbons (Fsp3) is 0.160. The van der Waals surface area contributed by atoms with Crippen molar-refractivity contribution in [3.8, 4) is 0 Å². The van der Waals surface area contributed by atoms with E-state index in [1.165, 1.54) is 11.8 Å². The van der Waals surface area contributed by atoms with Crippen molar-refractivity contribution in [2.75, 3.05) is 22.9 Å². The number of carbonyl (C=O) groups excluding carboxylic acids is 3. The van der Waals surface area contributed by atoms with Crippen LogP contribution in [0.15, 0.2) is 83.8 Å². The van der Waals surface area contributed by atoms with E-state index in [1.54, 1.807) is 24.3 Å². The van der Waals surface area contributed by atoms with Crippen LogP contribution in [-0.2, 0) is 9.59 Å². The summed E-state index contributed by atoms with van der Waals surface area (Å²) in [7, 11) is 0. The first-order valence-electron chi connectivity index (χ1n) is 10.4. The summed E-state index contributed by atoms with van der Waals surface area (Å²) in [5.41, 5.74) is 7.75. The second-order valence-corrected chi connectivity index (χ2v) is 8.32. The lowest BCUT2D eigenvalue weighted by molar-refractivity contribution is -0.116. The quantitative estimate of drug-likeness (QED) is 0.342. The maximum atomic E-state index is 12.9. The van der Waals surface area contributed by atoms with Crippen LogP contribution in [0, 0.1) is 0 Å². The second-order valence-electron chi connectivity index (χ2n) is 7.30. The molecular weight excluding hydrogens is 436 g/mol. The Morgan fingerprint density at radius 1 is 0.879 bits per heavy atom. The van der Waals surface area contributed by atoms with Crippen LogP contribution < -0.4 is 21.7 Å². The first kappa shape index (κ1) is 23.9. The van der Waals surface area contributed by atoms with Gasteiger partial charge >= 0.3 is 0 Å². The van der Waals surface area contributed by atoms with Crippen LogP contribution in [0.4, 0.5) is 11.4 Å². The normalized spacial score (nSPS) is 11.3. The minimum atomic E-state index is -0.413. The molecule has 3 rings (SSSR count). The SMILES string of the molecule is C[C@H](NC(=O)c1ccccc1NC(=O)CNc1ccccc1SCC(N)=O)c1ccccc1. The highest BCUT2D eigenvalue weighted by Crippen LogP contribution is 2.26. The van der Waals surface area contributed by atoms with E-state index in [9.17, 15) is 14.4 Å². The molecule has 0 aliphatic rings. The standard InChI is InChI=1S/C25H26N4O3S/c1-17(18-9-3-2-4-10-18)28-25(32)19-11-5-6-12-20(19)29-24(31)15-27-21-13-7-8-14-22(21)33-16-23(26)30/h2-14,17,27H,15-16H2,1H3,(H2,26,30)(H,28,32)(H,29,31)/t17-/m0/s1. The zero-order chi connectivity index (χ0) is 23.6. The number of nitrogens with one attached hydrogen (secondary N) is 3. The lowest BCUT2D eigenvalue weighted by Gasteiger charge is -2.17. The van der Waals surface area contributed by atoms with Crippen molar-refractivity contribution < 1.29 is 14.4 Å². The van der Waals surface area contributed by atoms with Crippen molar-refractivity contribution in [3.05, 3.63) is 90.0 Å². The molecule has 5 N–H and O–H groups in total. The smallest absolute Gasteiger partial charge is 0.253 e. The van der Waals surface area contributed by atoms with Gasteiger partial charge in [-0.15, -0.1) is 11.8 Å². The van der Waals surface area contributed by atoms with Gasteiger partial charge in [0.25, 0.3) is 5.91 Å². The van der Waals surface area contributed by atoms with E-state index < -0.39 is 5.91 Å². The number of anilines is 2. The number of rotatable bonds is 10. The average Bonchev–Trinajstić information content (AvgIpc) is 2.82. The molecule has 0 aromatic heterocycles. The zero-order valence-electron chi connectivity index (χ0n) is 18.2. The van der Waals surface area contributed by atoms with Gasteiger partial charge in [-0.25, -0.2) is 0 Å². The number of benzene rings is 3. The first-order valence-corrected chi connectivity index (χ1v) is 11.4. The minimum absolute atomic E-state index is 0.00941. The maximum absolute atomic E-state index is 12.9. The fourth-order valence-electron chi connectivity index (χ4n) is 3.15. The van der Waals surface area contributed by atoms with Crippen LogP contribution >= 0.6 is 11.8 Å². The van der Waals surface area contributed by atoms with Crippen molar-refractivity contribution in [2.24, 2.45) is 5.73 Å². The third-order valence-electron chi connectivity index (χ3n) is 4.79. The van der Waals surface area contributed by atoms with Crippen LogP contribution in [0.25, 0.3) is 0 Å². The molecule has 0 unspecified atom stereocenters. The van der Waals surface area contributed by atoms with Gasteiger partial charge in [0, 0.05) is 10.6 Å². The Morgan fingerprint density at radius 3 is 2.24 bits per heavy atom. The zero-order valence-corrected chi connectivity index (χ0v) is 19.0. The second kappa shape index (κ2) is 11.7. The monoisotopic (exact) mass is 462 g/mol. The molecule has 0 heterocycles. The number of hydrogen-bond donors (Lipinski definition) is 4. The molecule has 1 atom stereocenters. The highest BCUT2D eigenvalue weighted by molar-refractivity contribution is 8.00. The summed E-state index contributed by atoms with van der Waals surface area (Å²) in [6.45, 7) is 1.90. The third kappa shape index (κ3) is 7.11. The lowest BCUT2D eigenvalue weighted by Crippen LogP contribution is -2.29. The van der Waals surface area contributed by atoms with E-state index in [0.29, 0.717) is 11.3 Å². The van der Waals surface area contributed by atoms with E-state index >= 15 is 0 Å². The van der Waals surface area contributed by atoms with Crippen LogP contribution in [0.3, 0.4) is 0 Å². The Kier molecular flexibility index (Phi) is 8.49. The Bertz CT molecular complexity index is 1120. The van der Waals surface area contributed by atoms with Crippen LogP contribution in [-0.4, -0.2) is 30.0 Å². The molecule has 0 spiro atoms. The summed E-state index contributed by atoms with van der Waals surface area (Å²) < 4.78 is 0. The van der Waals surface area contributed by atoms with Gasteiger partial charge in [-0.05, 0) is 36.8 Å². The topological polar surface area (TPSA) is 113 Å². The number of para-hydroxylation sites is 2. The van der Waals surface area contributed by atoms with E-state index in [1.807, 2.05) is 61.5 Å². The minimum Gasteiger partial charge on any atom is -0.375 e. The Labute approximate surface area is 197 Å². The van der Waals surface area contributed by atoms with Gasteiger partial charge in [0.2, 0.25) is 11.8 Å². The summed E-state index contributed by atoms with van der Waals surface area (Å²) in [5, 5.41) is 8.84. The molecule has 8 heteroatoms. The third-order valence-corrected chi connectivity index (χ3v) is 5.89. The van der Waals surface area contributed by atoms with Gasteiger partial charge in [-0.1, -0.05) is 54.6 Å². The van der Waals surface area contributed by atoms with E-state index in [2.05, 4.69) is 16.0 Å². The highest BCUT2D eigenvalue weighted by Gasteiger charge is 2.16. The van der Waals surface area contributed by atoms with Crippen LogP contribution in [0.1, 0.15) is 28.9 Å². The molecule has 33 heavy (non-hydrogen) atoms. The molecule has 0 aliphatic heterocycles. The number of nitrogens with two attached hydrogens (primary N) is 1. The molecule has 3 aromatic rings. The molecule has 0 radical (unpaired) electrons. The van der Waals surface area contributed by atoms with Crippen LogP contribution in [0.5, 0.6) is 0 Å². The molecular formula is C25H26N4O3S. The predicted molar refractivity (Wildman–Crippen MR) is 132 cm³/mol. The first-order chi connectivity index (χ1) is 15.9. The summed E-state index contributed by atoms with van der Waals surface area (Å²) in [6.07, 6.45) is 0. The van der Waals surface area contributed by atoms with Gasteiger partial charge in [0.15, 0.2) is 0 Å². The summed E-state index contributed by atoms with van der Waals surface area (Å²) in [6, 6.07) is 23.7. The molecule has 3 amide bonds. The number of hydrogen-bond acceptors (Lipinski definition) is 5. The lowest BCUT2D eigenvalue weighted by atomic mass is 10.1. The molecule has 0 saturated carbocycles. The van der Waals surface area contributed by atoms with Crippen LogP contribution in [0.2, 0.25) is 0 Å². The fourth-order valence-corrected chi connectivity index (χ4v) is 3.92. The van der Waals surface area contributed by atoms with Crippen molar-refractivity contribution in [1.29, 1.82) is 0 Å². The molecule has 0 saturated heterocycles. The summed E-state index contributed by atoms with van der Waals surface area (Å²) >= 11 is 1.30. The van der Waals surface area contributed by atoms with Crippen molar-refractivity contribution in [3.63, 3.8) is 0 Å². The molecule has 7 nitrogen and oxygen atoms in total. The Morgan fingerprint density at radius 2 is 1.52 bits per heavy atom. The largest absolute Gasteiger partial charge is 0.375 e. The summed E-state index contributed by atoms with van der Waals surface area (Å²) in [4.78, 5) is 37.3. The van der Waals surface area contributed by atoms with Gasteiger partial charge < -0.3 is 21.7 Å². The maximum Gasteiger partial charge on any atom is 0.253 e. The number of amides is 3.